The van der Waals surface area contributed by atoms with Gasteiger partial charge in [-0.15, -0.1) is 0 Å². The molecule has 2 unspecified atom stereocenters. The molecule has 0 saturated carbocycles. The fraction of sp³-hybridized carbons (Fsp3) is 0.632. The summed E-state index contributed by atoms with van der Waals surface area (Å²) in [6.45, 7) is 10.7. The number of carbonyl (C=O) groups is 2. The SMILES string of the molecule is CC(C)(C)C1CNC(=O)C1C(=O)N1CCN(Cc2ccccn2)CC1. The van der Waals surface area contributed by atoms with Gasteiger partial charge in [0, 0.05) is 51.4 Å². The standard InChI is InChI=1S/C19H28N4O2/c1-19(2,3)15-12-21-17(24)16(15)18(25)23-10-8-22(9-11-23)13-14-6-4-5-7-20-14/h4-7,15-16H,8-13H2,1-3H3,(H,21,24). The minimum absolute atomic E-state index is 0.00703. The van der Waals surface area contributed by atoms with Gasteiger partial charge in [0.1, 0.15) is 5.92 Å². The number of pyridine rings is 1. The summed E-state index contributed by atoms with van der Waals surface area (Å²) in [7, 11) is 0. The van der Waals surface area contributed by atoms with E-state index in [9.17, 15) is 9.59 Å². The molecule has 3 rings (SSSR count). The molecule has 0 radical (unpaired) electrons. The smallest absolute Gasteiger partial charge is 0.235 e. The number of amides is 2. The molecule has 1 aromatic heterocycles. The summed E-state index contributed by atoms with van der Waals surface area (Å²) in [4.78, 5) is 33.7. The summed E-state index contributed by atoms with van der Waals surface area (Å²) in [5.41, 5.74) is 0.977. The van der Waals surface area contributed by atoms with Crippen molar-refractivity contribution in [2.75, 3.05) is 32.7 Å². The molecule has 0 aromatic carbocycles. The molecule has 6 heteroatoms. The van der Waals surface area contributed by atoms with Crippen molar-refractivity contribution < 1.29 is 9.59 Å². The third kappa shape index (κ3) is 4.00. The van der Waals surface area contributed by atoms with E-state index >= 15 is 0 Å². The lowest BCUT2D eigenvalue weighted by atomic mass is 9.74. The van der Waals surface area contributed by atoms with Gasteiger partial charge in [0.2, 0.25) is 11.8 Å². The Kier molecular flexibility index (Phi) is 5.08. The first-order chi connectivity index (χ1) is 11.9. The van der Waals surface area contributed by atoms with E-state index in [1.165, 1.54) is 0 Å². The van der Waals surface area contributed by atoms with E-state index < -0.39 is 5.92 Å². The van der Waals surface area contributed by atoms with E-state index in [2.05, 4.69) is 36.0 Å². The van der Waals surface area contributed by atoms with Gasteiger partial charge in [-0.2, -0.15) is 0 Å². The Morgan fingerprint density at radius 2 is 1.96 bits per heavy atom. The number of hydrogen-bond donors (Lipinski definition) is 1. The van der Waals surface area contributed by atoms with Crippen molar-refractivity contribution in [3.63, 3.8) is 0 Å². The molecule has 25 heavy (non-hydrogen) atoms. The molecular formula is C19H28N4O2. The van der Waals surface area contributed by atoms with E-state index in [0.29, 0.717) is 19.6 Å². The first-order valence-electron chi connectivity index (χ1n) is 9.05. The summed E-state index contributed by atoms with van der Waals surface area (Å²) in [6.07, 6.45) is 1.81. The van der Waals surface area contributed by atoms with Gasteiger partial charge < -0.3 is 10.2 Å². The van der Waals surface area contributed by atoms with Crippen molar-refractivity contribution in [1.29, 1.82) is 0 Å². The second-order valence-electron chi connectivity index (χ2n) is 8.12. The highest BCUT2D eigenvalue weighted by molar-refractivity contribution is 6.02. The summed E-state index contributed by atoms with van der Waals surface area (Å²) < 4.78 is 0. The molecular weight excluding hydrogens is 316 g/mol. The van der Waals surface area contributed by atoms with Crippen LogP contribution < -0.4 is 5.32 Å². The molecule has 0 bridgehead atoms. The Hall–Kier alpha value is -1.95. The van der Waals surface area contributed by atoms with Crippen LogP contribution >= 0.6 is 0 Å². The minimum Gasteiger partial charge on any atom is -0.355 e. The lowest BCUT2D eigenvalue weighted by molar-refractivity contribution is -0.144. The second kappa shape index (κ2) is 7.12. The van der Waals surface area contributed by atoms with Crippen LogP contribution in [0.25, 0.3) is 0 Å². The van der Waals surface area contributed by atoms with Crippen molar-refractivity contribution >= 4 is 11.8 Å². The molecule has 2 amide bonds. The molecule has 3 heterocycles. The predicted octanol–water partition coefficient (Wildman–Crippen LogP) is 1.13. The lowest BCUT2D eigenvalue weighted by Crippen LogP contribution is -2.52. The van der Waals surface area contributed by atoms with Gasteiger partial charge in [-0.1, -0.05) is 26.8 Å². The number of aromatic nitrogens is 1. The van der Waals surface area contributed by atoms with Crippen LogP contribution in [-0.4, -0.2) is 59.3 Å². The van der Waals surface area contributed by atoms with Crippen LogP contribution in [0.15, 0.2) is 24.4 Å². The number of rotatable bonds is 3. The van der Waals surface area contributed by atoms with Crippen molar-refractivity contribution in [3.05, 3.63) is 30.1 Å². The normalized spacial score (nSPS) is 25.1. The summed E-state index contributed by atoms with van der Waals surface area (Å²) in [5.74, 6) is -0.602. The molecule has 0 spiro atoms. The quantitative estimate of drug-likeness (QED) is 0.835. The van der Waals surface area contributed by atoms with Gasteiger partial charge in [-0.25, -0.2) is 0 Å². The van der Waals surface area contributed by atoms with Crippen LogP contribution in [-0.2, 0) is 16.1 Å². The van der Waals surface area contributed by atoms with Crippen molar-refractivity contribution in [2.45, 2.75) is 27.3 Å². The molecule has 2 saturated heterocycles. The van der Waals surface area contributed by atoms with Gasteiger partial charge >= 0.3 is 0 Å². The third-order valence-corrected chi connectivity index (χ3v) is 5.36. The number of carbonyl (C=O) groups excluding carboxylic acids is 2. The number of nitrogens with one attached hydrogen (secondary N) is 1. The fourth-order valence-electron chi connectivity index (χ4n) is 3.76. The zero-order valence-electron chi connectivity index (χ0n) is 15.4. The average Bonchev–Trinajstić information content (AvgIpc) is 2.98. The molecule has 2 fully saturated rings. The Labute approximate surface area is 149 Å². The van der Waals surface area contributed by atoms with Crippen LogP contribution in [0, 0.1) is 17.3 Å². The molecule has 1 aromatic rings. The van der Waals surface area contributed by atoms with Crippen LogP contribution in [0.3, 0.4) is 0 Å². The maximum atomic E-state index is 13.0. The summed E-state index contributed by atoms with van der Waals surface area (Å²) >= 11 is 0. The van der Waals surface area contributed by atoms with Gasteiger partial charge in [0.25, 0.3) is 0 Å². The number of hydrogen-bond acceptors (Lipinski definition) is 4. The molecule has 6 nitrogen and oxygen atoms in total. The largest absolute Gasteiger partial charge is 0.355 e. The number of piperazine rings is 1. The van der Waals surface area contributed by atoms with E-state index in [4.69, 9.17) is 0 Å². The summed E-state index contributed by atoms with van der Waals surface area (Å²) in [5, 5.41) is 2.88. The first-order valence-corrected chi connectivity index (χ1v) is 9.05. The number of nitrogens with zero attached hydrogens (tertiary/aromatic N) is 3. The summed E-state index contributed by atoms with van der Waals surface area (Å²) in [6, 6.07) is 5.93. The average molecular weight is 344 g/mol. The topological polar surface area (TPSA) is 65.5 Å². The highest BCUT2D eigenvalue weighted by Crippen LogP contribution is 2.36. The lowest BCUT2D eigenvalue weighted by Gasteiger charge is -2.37. The second-order valence-corrected chi connectivity index (χ2v) is 8.12. The van der Waals surface area contributed by atoms with Crippen molar-refractivity contribution in [1.82, 2.24) is 20.1 Å². The highest BCUT2D eigenvalue weighted by Gasteiger charge is 2.47. The molecule has 1 N–H and O–H groups in total. The molecule has 2 atom stereocenters. The van der Waals surface area contributed by atoms with Crippen molar-refractivity contribution in [2.24, 2.45) is 17.3 Å². The van der Waals surface area contributed by atoms with Gasteiger partial charge in [0.05, 0.1) is 5.69 Å². The van der Waals surface area contributed by atoms with Crippen LogP contribution in [0.5, 0.6) is 0 Å². The highest BCUT2D eigenvalue weighted by atomic mass is 16.2. The molecule has 136 valence electrons. The van der Waals surface area contributed by atoms with Gasteiger partial charge in [0.15, 0.2) is 0 Å². The Balaban J connectivity index is 1.58. The Morgan fingerprint density at radius 1 is 1.24 bits per heavy atom. The fourth-order valence-corrected chi connectivity index (χ4v) is 3.76. The maximum Gasteiger partial charge on any atom is 0.235 e. The maximum absolute atomic E-state index is 13.0. The van der Waals surface area contributed by atoms with E-state index in [-0.39, 0.29) is 23.1 Å². The van der Waals surface area contributed by atoms with Crippen molar-refractivity contribution in [3.8, 4) is 0 Å². The van der Waals surface area contributed by atoms with E-state index in [1.54, 1.807) is 6.20 Å². The third-order valence-electron chi connectivity index (χ3n) is 5.36. The van der Waals surface area contributed by atoms with Crippen LogP contribution in [0.2, 0.25) is 0 Å². The zero-order valence-corrected chi connectivity index (χ0v) is 15.4. The van der Waals surface area contributed by atoms with Gasteiger partial charge in [-0.05, 0) is 17.5 Å². The van der Waals surface area contributed by atoms with Crippen LogP contribution in [0.1, 0.15) is 26.5 Å². The monoisotopic (exact) mass is 344 g/mol. The first kappa shape index (κ1) is 17.9. The molecule has 0 aliphatic carbocycles. The Morgan fingerprint density at radius 3 is 2.56 bits per heavy atom. The van der Waals surface area contributed by atoms with Crippen LogP contribution in [0.4, 0.5) is 0 Å². The minimum atomic E-state index is -0.539. The molecule has 2 aliphatic heterocycles. The van der Waals surface area contributed by atoms with E-state index in [1.807, 2.05) is 23.1 Å². The Bertz CT molecular complexity index is 618. The predicted molar refractivity (Wildman–Crippen MR) is 95.5 cm³/mol. The van der Waals surface area contributed by atoms with Gasteiger partial charge in [-0.3, -0.25) is 19.5 Å². The molecule has 2 aliphatic rings. The van der Waals surface area contributed by atoms with E-state index in [0.717, 1.165) is 25.3 Å². The zero-order chi connectivity index (χ0) is 18.0.